The molecule has 0 amide bonds. The minimum Gasteiger partial charge on any atom is -0.405 e. The van der Waals surface area contributed by atoms with Crippen molar-refractivity contribution in [3.05, 3.63) is 29.8 Å². The maximum atomic E-state index is 12.4. The van der Waals surface area contributed by atoms with E-state index in [1.54, 1.807) is 6.07 Å². The quantitative estimate of drug-likeness (QED) is 0.529. The number of para-hydroxylation sites is 1. The molecular formula is C15H22F3N3O2. The summed E-state index contributed by atoms with van der Waals surface area (Å²) in [6.07, 6.45) is -4.74. The van der Waals surface area contributed by atoms with E-state index in [0.717, 1.165) is 0 Å². The van der Waals surface area contributed by atoms with Crippen molar-refractivity contribution in [3.63, 3.8) is 0 Å². The summed E-state index contributed by atoms with van der Waals surface area (Å²) in [6.45, 7) is 4.93. The molecule has 8 heteroatoms. The third-order valence-electron chi connectivity index (χ3n) is 2.88. The van der Waals surface area contributed by atoms with Crippen molar-refractivity contribution in [2.45, 2.75) is 26.8 Å². The fourth-order valence-corrected chi connectivity index (χ4v) is 1.70. The van der Waals surface area contributed by atoms with Crippen LogP contribution in [0.2, 0.25) is 0 Å². The van der Waals surface area contributed by atoms with E-state index in [1.807, 2.05) is 13.8 Å². The standard InChI is InChI=1S/C15H22F3N3O2/c1-3-19-14(20-8-11(2)10-22)21-9-12-6-4-5-7-13(12)23-15(16,17)18/h4-7,11,22H,3,8-10H2,1-2H3,(H2,19,20,21). The third-order valence-corrected chi connectivity index (χ3v) is 2.88. The molecule has 23 heavy (non-hydrogen) atoms. The van der Waals surface area contributed by atoms with Crippen LogP contribution < -0.4 is 15.4 Å². The minimum absolute atomic E-state index is 0.0364. The highest BCUT2D eigenvalue weighted by molar-refractivity contribution is 5.79. The van der Waals surface area contributed by atoms with Crippen LogP contribution in [-0.4, -0.2) is 37.1 Å². The maximum absolute atomic E-state index is 12.4. The highest BCUT2D eigenvalue weighted by Gasteiger charge is 2.31. The highest BCUT2D eigenvalue weighted by Crippen LogP contribution is 2.26. The lowest BCUT2D eigenvalue weighted by Gasteiger charge is -2.15. The predicted octanol–water partition coefficient (Wildman–Crippen LogP) is 2.27. The second-order valence-electron chi connectivity index (χ2n) is 5.02. The van der Waals surface area contributed by atoms with E-state index >= 15 is 0 Å². The van der Waals surface area contributed by atoms with Gasteiger partial charge in [-0.3, -0.25) is 0 Å². The Morgan fingerprint density at radius 3 is 2.61 bits per heavy atom. The molecule has 1 atom stereocenters. The fraction of sp³-hybridized carbons (Fsp3) is 0.533. The molecule has 0 aliphatic rings. The molecule has 0 bridgehead atoms. The number of rotatable bonds is 7. The van der Waals surface area contributed by atoms with Crippen molar-refractivity contribution < 1.29 is 23.0 Å². The number of halogens is 3. The fourth-order valence-electron chi connectivity index (χ4n) is 1.70. The number of aliphatic hydroxyl groups is 1. The summed E-state index contributed by atoms with van der Waals surface area (Å²) in [5.74, 6) is 0.248. The van der Waals surface area contributed by atoms with E-state index < -0.39 is 6.36 Å². The Labute approximate surface area is 133 Å². The first-order valence-corrected chi connectivity index (χ1v) is 7.32. The molecule has 1 rings (SSSR count). The molecule has 1 unspecified atom stereocenters. The summed E-state index contributed by atoms with van der Waals surface area (Å²) < 4.78 is 41.1. The van der Waals surface area contributed by atoms with Crippen LogP contribution in [-0.2, 0) is 6.54 Å². The molecular weight excluding hydrogens is 311 g/mol. The van der Waals surface area contributed by atoms with Crippen LogP contribution in [0, 0.1) is 5.92 Å². The summed E-state index contributed by atoms with van der Waals surface area (Å²) in [5, 5.41) is 15.0. The second kappa shape index (κ2) is 9.24. The topological polar surface area (TPSA) is 65.9 Å². The number of benzene rings is 1. The molecule has 1 aromatic rings. The normalized spacial score (nSPS) is 13.6. The molecule has 3 N–H and O–H groups in total. The Bertz CT molecular complexity index is 507. The first-order valence-electron chi connectivity index (χ1n) is 7.32. The molecule has 0 aliphatic heterocycles. The largest absolute Gasteiger partial charge is 0.573 e. The number of ether oxygens (including phenoxy) is 1. The van der Waals surface area contributed by atoms with E-state index in [-0.39, 0.29) is 24.8 Å². The van der Waals surface area contributed by atoms with Gasteiger partial charge in [0.25, 0.3) is 0 Å². The maximum Gasteiger partial charge on any atom is 0.573 e. The summed E-state index contributed by atoms with van der Waals surface area (Å²) in [7, 11) is 0. The molecule has 0 saturated carbocycles. The SMILES string of the molecule is CCNC(=NCc1ccccc1OC(F)(F)F)NCC(C)CO. The van der Waals surface area contributed by atoms with Gasteiger partial charge in [-0.1, -0.05) is 25.1 Å². The van der Waals surface area contributed by atoms with Gasteiger partial charge >= 0.3 is 6.36 Å². The Morgan fingerprint density at radius 1 is 1.30 bits per heavy atom. The first kappa shape index (κ1) is 19.1. The number of nitrogens with one attached hydrogen (secondary N) is 2. The molecule has 1 aromatic carbocycles. The Morgan fingerprint density at radius 2 is 2.00 bits per heavy atom. The minimum atomic E-state index is -4.74. The summed E-state index contributed by atoms with van der Waals surface area (Å²) >= 11 is 0. The summed E-state index contributed by atoms with van der Waals surface area (Å²) in [4.78, 5) is 4.25. The van der Waals surface area contributed by atoms with Crippen molar-refractivity contribution in [3.8, 4) is 5.75 Å². The average Bonchev–Trinajstić information content (AvgIpc) is 2.49. The van der Waals surface area contributed by atoms with Gasteiger partial charge in [0.2, 0.25) is 0 Å². The molecule has 0 fully saturated rings. The van der Waals surface area contributed by atoms with Gasteiger partial charge in [-0.05, 0) is 18.9 Å². The van der Waals surface area contributed by atoms with Crippen LogP contribution in [0.25, 0.3) is 0 Å². The zero-order chi connectivity index (χ0) is 17.3. The van der Waals surface area contributed by atoms with Crippen molar-refractivity contribution in [1.29, 1.82) is 0 Å². The van der Waals surface area contributed by atoms with Gasteiger partial charge in [0.05, 0.1) is 6.54 Å². The monoisotopic (exact) mass is 333 g/mol. The van der Waals surface area contributed by atoms with E-state index in [4.69, 9.17) is 5.11 Å². The third kappa shape index (κ3) is 7.73. The molecule has 0 radical (unpaired) electrons. The number of hydrogen-bond acceptors (Lipinski definition) is 3. The number of nitrogens with zero attached hydrogens (tertiary/aromatic N) is 1. The van der Waals surface area contributed by atoms with Crippen LogP contribution in [0.1, 0.15) is 19.4 Å². The first-order chi connectivity index (χ1) is 10.9. The lowest BCUT2D eigenvalue weighted by Crippen LogP contribution is -2.39. The van der Waals surface area contributed by atoms with Crippen LogP contribution in [0.5, 0.6) is 5.75 Å². The van der Waals surface area contributed by atoms with Gasteiger partial charge in [0.1, 0.15) is 5.75 Å². The Hall–Kier alpha value is -1.96. The van der Waals surface area contributed by atoms with Crippen molar-refractivity contribution >= 4 is 5.96 Å². The predicted molar refractivity (Wildman–Crippen MR) is 82.2 cm³/mol. The van der Waals surface area contributed by atoms with Crippen LogP contribution in [0.3, 0.4) is 0 Å². The number of alkyl halides is 3. The Kier molecular flexibility index (Phi) is 7.67. The van der Waals surface area contributed by atoms with Crippen molar-refractivity contribution in [2.24, 2.45) is 10.9 Å². The number of aliphatic imine (C=N–C) groups is 1. The highest BCUT2D eigenvalue weighted by atomic mass is 19.4. The zero-order valence-corrected chi connectivity index (χ0v) is 13.2. The van der Waals surface area contributed by atoms with Crippen LogP contribution >= 0.6 is 0 Å². The van der Waals surface area contributed by atoms with Crippen molar-refractivity contribution in [1.82, 2.24) is 10.6 Å². The van der Waals surface area contributed by atoms with Gasteiger partial charge in [-0.15, -0.1) is 13.2 Å². The van der Waals surface area contributed by atoms with Crippen LogP contribution in [0.15, 0.2) is 29.3 Å². The van der Waals surface area contributed by atoms with Gasteiger partial charge in [-0.25, -0.2) is 4.99 Å². The zero-order valence-electron chi connectivity index (χ0n) is 13.2. The van der Waals surface area contributed by atoms with Gasteiger partial charge in [0.15, 0.2) is 5.96 Å². The number of aliphatic hydroxyl groups excluding tert-OH is 1. The van der Waals surface area contributed by atoms with Crippen molar-refractivity contribution in [2.75, 3.05) is 19.7 Å². The molecule has 130 valence electrons. The van der Waals surface area contributed by atoms with E-state index in [0.29, 0.717) is 24.6 Å². The van der Waals surface area contributed by atoms with E-state index in [2.05, 4.69) is 20.4 Å². The summed E-state index contributed by atoms with van der Waals surface area (Å²) in [6, 6.07) is 5.89. The smallest absolute Gasteiger partial charge is 0.405 e. The lowest BCUT2D eigenvalue weighted by molar-refractivity contribution is -0.274. The molecule has 0 saturated heterocycles. The Balaban J connectivity index is 2.78. The lowest BCUT2D eigenvalue weighted by atomic mass is 10.2. The van der Waals surface area contributed by atoms with Gasteiger partial charge in [-0.2, -0.15) is 0 Å². The van der Waals surface area contributed by atoms with E-state index in [9.17, 15) is 13.2 Å². The summed E-state index contributed by atoms with van der Waals surface area (Å²) in [5.41, 5.74) is 0.331. The molecule has 0 aromatic heterocycles. The molecule has 0 aliphatic carbocycles. The molecule has 0 heterocycles. The number of hydrogen-bond donors (Lipinski definition) is 3. The van der Waals surface area contributed by atoms with Gasteiger partial charge < -0.3 is 20.5 Å². The molecule has 0 spiro atoms. The molecule has 5 nitrogen and oxygen atoms in total. The van der Waals surface area contributed by atoms with E-state index in [1.165, 1.54) is 18.2 Å². The number of guanidine groups is 1. The second-order valence-corrected chi connectivity index (χ2v) is 5.02. The van der Waals surface area contributed by atoms with Crippen LogP contribution in [0.4, 0.5) is 13.2 Å². The average molecular weight is 333 g/mol. The van der Waals surface area contributed by atoms with Gasteiger partial charge in [0, 0.05) is 25.3 Å².